The van der Waals surface area contributed by atoms with E-state index in [1.807, 2.05) is 24.4 Å². The van der Waals surface area contributed by atoms with Crippen molar-refractivity contribution in [3.05, 3.63) is 46.7 Å². The normalized spacial score (nSPS) is 10.0. The summed E-state index contributed by atoms with van der Waals surface area (Å²) in [5.41, 5.74) is 1.26. The smallest absolute Gasteiger partial charge is 0.252 e. The van der Waals surface area contributed by atoms with Gasteiger partial charge in [0.2, 0.25) is 5.91 Å². The average molecular weight is 318 g/mol. The fraction of sp³-hybridized carbons (Fsp3) is 0.250. The Kier molecular flexibility index (Phi) is 5.97. The molecule has 0 aliphatic heterocycles. The van der Waals surface area contributed by atoms with Gasteiger partial charge in [0.25, 0.3) is 5.91 Å². The molecule has 1 aromatic heterocycles. The number of nitrogens with one attached hydrogen (secondary N) is 2. The van der Waals surface area contributed by atoms with Crippen LogP contribution in [0.3, 0.4) is 0 Å². The third-order valence-electron chi connectivity index (χ3n) is 2.88. The molecule has 0 saturated carbocycles. The molecule has 0 bridgehead atoms. The molecule has 2 amide bonds. The van der Waals surface area contributed by atoms with Crippen LogP contribution in [-0.2, 0) is 4.79 Å². The Morgan fingerprint density at radius 2 is 2.05 bits per heavy atom. The van der Waals surface area contributed by atoms with Gasteiger partial charge in [0.1, 0.15) is 5.75 Å². The summed E-state index contributed by atoms with van der Waals surface area (Å²) >= 11 is 1.46. The summed E-state index contributed by atoms with van der Waals surface area (Å²) in [6.45, 7) is 2.71. The van der Waals surface area contributed by atoms with Crippen molar-refractivity contribution >= 4 is 28.8 Å². The molecule has 1 aromatic carbocycles. The number of benzene rings is 1. The zero-order valence-electron chi connectivity index (χ0n) is 12.3. The quantitative estimate of drug-likeness (QED) is 0.825. The van der Waals surface area contributed by atoms with Crippen molar-refractivity contribution < 1.29 is 14.3 Å². The van der Waals surface area contributed by atoms with Crippen molar-refractivity contribution in [1.82, 2.24) is 5.32 Å². The molecule has 0 fully saturated rings. The lowest BCUT2D eigenvalue weighted by Gasteiger charge is -2.11. The van der Waals surface area contributed by atoms with E-state index < -0.39 is 0 Å². The third kappa shape index (κ3) is 4.60. The molecule has 22 heavy (non-hydrogen) atoms. The van der Waals surface area contributed by atoms with Crippen molar-refractivity contribution in [2.75, 3.05) is 18.5 Å². The molecule has 116 valence electrons. The number of ether oxygens (including phenoxy) is 1. The van der Waals surface area contributed by atoms with Gasteiger partial charge < -0.3 is 15.4 Å². The number of hydrogen-bond donors (Lipinski definition) is 2. The molecule has 2 N–H and O–H groups in total. The minimum Gasteiger partial charge on any atom is -0.492 e. The van der Waals surface area contributed by atoms with Crippen LogP contribution in [0.15, 0.2) is 41.1 Å². The van der Waals surface area contributed by atoms with Gasteiger partial charge in [-0.25, -0.2) is 0 Å². The Balaban J connectivity index is 1.80. The molecule has 2 aromatic rings. The second-order valence-electron chi connectivity index (χ2n) is 4.50. The van der Waals surface area contributed by atoms with Crippen LogP contribution in [0.5, 0.6) is 5.75 Å². The molecular formula is C16H18N2O3S. The monoisotopic (exact) mass is 318 g/mol. The molecule has 2 rings (SSSR count). The van der Waals surface area contributed by atoms with E-state index in [9.17, 15) is 9.59 Å². The number of para-hydroxylation sites is 2. The standard InChI is InChI=1S/C16H18N2O3S/c1-2-21-14-6-4-3-5-13(14)18-15(19)7-9-17-16(20)12-8-10-22-11-12/h3-6,8,10-11H,2,7,9H2,1H3,(H,17,20)(H,18,19). The van der Waals surface area contributed by atoms with Crippen molar-refractivity contribution in [3.63, 3.8) is 0 Å². The highest BCUT2D eigenvalue weighted by molar-refractivity contribution is 7.08. The molecule has 1 heterocycles. The molecule has 0 aliphatic carbocycles. The largest absolute Gasteiger partial charge is 0.492 e. The first-order valence-corrected chi connectivity index (χ1v) is 7.97. The zero-order valence-corrected chi connectivity index (χ0v) is 13.1. The fourth-order valence-electron chi connectivity index (χ4n) is 1.85. The predicted molar refractivity (Wildman–Crippen MR) is 87.5 cm³/mol. The summed E-state index contributed by atoms with van der Waals surface area (Å²) in [6.07, 6.45) is 0.205. The lowest BCUT2D eigenvalue weighted by Crippen LogP contribution is -2.27. The summed E-state index contributed by atoms with van der Waals surface area (Å²) in [6, 6.07) is 9.01. The van der Waals surface area contributed by atoms with Crippen LogP contribution in [0.4, 0.5) is 5.69 Å². The molecule has 0 aliphatic rings. The molecule has 0 radical (unpaired) electrons. The highest BCUT2D eigenvalue weighted by Crippen LogP contribution is 2.23. The van der Waals surface area contributed by atoms with Crippen LogP contribution < -0.4 is 15.4 Å². The van der Waals surface area contributed by atoms with E-state index in [2.05, 4.69) is 10.6 Å². The predicted octanol–water partition coefficient (Wildman–Crippen LogP) is 2.91. The Morgan fingerprint density at radius 1 is 1.23 bits per heavy atom. The number of anilines is 1. The minimum absolute atomic E-state index is 0.163. The number of rotatable bonds is 7. The van der Waals surface area contributed by atoms with E-state index in [0.717, 1.165) is 0 Å². The first-order valence-electron chi connectivity index (χ1n) is 7.02. The molecule has 0 atom stereocenters. The Morgan fingerprint density at radius 3 is 2.77 bits per heavy atom. The first kappa shape index (κ1) is 16.0. The number of thiophene rings is 1. The molecule has 0 spiro atoms. The van der Waals surface area contributed by atoms with Crippen LogP contribution in [-0.4, -0.2) is 25.0 Å². The first-order chi connectivity index (χ1) is 10.7. The van der Waals surface area contributed by atoms with Crippen molar-refractivity contribution in [3.8, 4) is 5.75 Å². The fourth-order valence-corrected chi connectivity index (χ4v) is 2.49. The zero-order chi connectivity index (χ0) is 15.8. The topological polar surface area (TPSA) is 67.4 Å². The second kappa shape index (κ2) is 8.19. The van der Waals surface area contributed by atoms with E-state index in [4.69, 9.17) is 4.74 Å². The number of hydrogen-bond acceptors (Lipinski definition) is 4. The number of carbonyl (C=O) groups excluding carboxylic acids is 2. The Labute approximate surface area is 133 Å². The maximum absolute atomic E-state index is 11.9. The van der Waals surface area contributed by atoms with E-state index in [1.54, 1.807) is 23.6 Å². The van der Waals surface area contributed by atoms with E-state index in [-0.39, 0.29) is 24.8 Å². The third-order valence-corrected chi connectivity index (χ3v) is 3.57. The molecule has 0 saturated heterocycles. The number of amides is 2. The van der Waals surface area contributed by atoms with Gasteiger partial charge >= 0.3 is 0 Å². The minimum atomic E-state index is -0.169. The maximum Gasteiger partial charge on any atom is 0.252 e. The van der Waals surface area contributed by atoms with Gasteiger partial charge in [0.05, 0.1) is 12.3 Å². The van der Waals surface area contributed by atoms with Crippen LogP contribution in [0, 0.1) is 0 Å². The van der Waals surface area contributed by atoms with E-state index in [1.165, 1.54) is 11.3 Å². The lowest BCUT2D eigenvalue weighted by atomic mass is 10.2. The van der Waals surface area contributed by atoms with Gasteiger partial charge in [0, 0.05) is 23.9 Å². The highest BCUT2D eigenvalue weighted by atomic mass is 32.1. The van der Waals surface area contributed by atoms with Gasteiger partial charge in [-0.2, -0.15) is 11.3 Å². The van der Waals surface area contributed by atoms with Crippen molar-refractivity contribution in [2.45, 2.75) is 13.3 Å². The Bertz CT molecular complexity index is 626. The SMILES string of the molecule is CCOc1ccccc1NC(=O)CCNC(=O)c1ccsc1. The van der Waals surface area contributed by atoms with Gasteiger partial charge in [-0.3, -0.25) is 9.59 Å². The van der Waals surface area contributed by atoms with Gasteiger partial charge in [0.15, 0.2) is 0 Å². The van der Waals surface area contributed by atoms with Gasteiger partial charge in [-0.15, -0.1) is 0 Å². The lowest BCUT2D eigenvalue weighted by molar-refractivity contribution is -0.116. The van der Waals surface area contributed by atoms with Crippen LogP contribution >= 0.6 is 11.3 Å². The summed E-state index contributed by atoms with van der Waals surface area (Å²) in [5.74, 6) is 0.308. The van der Waals surface area contributed by atoms with Gasteiger partial charge in [-0.1, -0.05) is 12.1 Å². The Hall–Kier alpha value is -2.34. The summed E-state index contributed by atoms with van der Waals surface area (Å²) in [7, 11) is 0. The molecular weight excluding hydrogens is 300 g/mol. The molecule has 0 unspecified atom stereocenters. The van der Waals surface area contributed by atoms with Crippen LogP contribution in [0.1, 0.15) is 23.7 Å². The molecule has 6 heteroatoms. The van der Waals surface area contributed by atoms with Crippen LogP contribution in [0.2, 0.25) is 0 Å². The maximum atomic E-state index is 11.9. The highest BCUT2D eigenvalue weighted by Gasteiger charge is 2.09. The van der Waals surface area contributed by atoms with E-state index >= 15 is 0 Å². The van der Waals surface area contributed by atoms with Crippen molar-refractivity contribution in [1.29, 1.82) is 0 Å². The summed E-state index contributed by atoms with van der Waals surface area (Å²) < 4.78 is 5.45. The number of carbonyl (C=O) groups is 2. The molecule has 5 nitrogen and oxygen atoms in total. The van der Waals surface area contributed by atoms with Crippen LogP contribution in [0.25, 0.3) is 0 Å². The average Bonchev–Trinajstić information content (AvgIpc) is 3.04. The van der Waals surface area contributed by atoms with Gasteiger partial charge in [-0.05, 0) is 30.5 Å². The van der Waals surface area contributed by atoms with E-state index in [0.29, 0.717) is 23.6 Å². The summed E-state index contributed by atoms with van der Waals surface area (Å²) in [5, 5.41) is 9.12. The van der Waals surface area contributed by atoms with Crippen molar-refractivity contribution in [2.24, 2.45) is 0 Å². The second-order valence-corrected chi connectivity index (χ2v) is 5.28. The summed E-state index contributed by atoms with van der Waals surface area (Å²) in [4.78, 5) is 23.6.